The van der Waals surface area contributed by atoms with E-state index in [0.29, 0.717) is 19.3 Å². The third kappa shape index (κ3) is 8.63. The number of ketones is 2. The fourth-order valence-electron chi connectivity index (χ4n) is 2.45. The first kappa shape index (κ1) is 22.6. The quantitative estimate of drug-likeness (QED) is 0.142. The lowest BCUT2D eigenvalue weighted by molar-refractivity contribution is -0.151. The zero-order chi connectivity index (χ0) is 20.4. The summed E-state index contributed by atoms with van der Waals surface area (Å²) >= 11 is 0. The highest BCUT2D eigenvalue weighted by Gasteiger charge is 2.17. The van der Waals surface area contributed by atoms with Crippen molar-refractivity contribution >= 4 is 17.5 Å². The van der Waals surface area contributed by atoms with Crippen LogP contribution in [0.15, 0.2) is 18.2 Å². The van der Waals surface area contributed by atoms with Crippen molar-refractivity contribution < 1.29 is 29.3 Å². The molecule has 0 bridgehead atoms. The van der Waals surface area contributed by atoms with Crippen molar-refractivity contribution in [2.24, 2.45) is 17.2 Å². The maximum absolute atomic E-state index is 11.9. The average molecular weight is 381 g/mol. The largest absolute Gasteiger partial charge is 0.508 e. The zero-order valence-electron chi connectivity index (χ0n) is 15.1. The number of hydrogen-bond acceptors (Lipinski definition) is 9. The van der Waals surface area contributed by atoms with E-state index in [1.807, 2.05) is 0 Å². The van der Waals surface area contributed by atoms with Gasteiger partial charge in [-0.1, -0.05) is 0 Å². The predicted molar refractivity (Wildman–Crippen MR) is 97.7 cm³/mol. The van der Waals surface area contributed by atoms with Crippen LogP contribution in [-0.4, -0.2) is 46.6 Å². The van der Waals surface area contributed by atoms with Crippen LogP contribution in [0.4, 0.5) is 0 Å². The van der Waals surface area contributed by atoms with Crippen molar-refractivity contribution in [3.8, 4) is 11.5 Å². The van der Waals surface area contributed by atoms with E-state index < -0.39 is 30.4 Å². The summed E-state index contributed by atoms with van der Waals surface area (Å²) in [6, 6.07) is 3.17. The number of carbonyl (C=O) groups excluding carboxylic acids is 3. The van der Waals surface area contributed by atoms with Crippen LogP contribution >= 0.6 is 0 Å². The Kier molecular flexibility index (Phi) is 9.41. The third-order valence-electron chi connectivity index (χ3n) is 3.88. The second-order valence-corrected chi connectivity index (χ2v) is 6.28. The molecule has 0 aromatic heterocycles. The van der Waals surface area contributed by atoms with Crippen LogP contribution in [-0.2, 0) is 25.5 Å². The first-order chi connectivity index (χ1) is 12.7. The van der Waals surface area contributed by atoms with Crippen molar-refractivity contribution in [1.29, 1.82) is 0 Å². The molecule has 0 saturated carbocycles. The summed E-state index contributed by atoms with van der Waals surface area (Å²) < 4.78 is 4.96. The van der Waals surface area contributed by atoms with Crippen LogP contribution in [0.1, 0.15) is 37.7 Å². The lowest BCUT2D eigenvalue weighted by Crippen LogP contribution is -2.33. The number of Topliss-reactive ketones (excluding diaryl/α,β-unsaturated/α-hetero) is 2. The third-order valence-corrected chi connectivity index (χ3v) is 3.88. The maximum Gasteiger partial charge on any atom is 0.314 e. The van der Waals surface area contributed by atoms with Gasteiger partial charge in [0.2, 0.25) is 0 Å². The van der Waals surface area contributed by atoms with Gasteiger partial charge in [-0.25, -0.2) is 0 Å². The van der Waals surface area contributed by atoms with Gasteiger partial charge in [0.05, 0.1) is 6.04 Å². The number of hydrogen-bond donors (Lipinski definition) is 5. The molecule has 0 aliphatic heterocycles. The fourth-order valence-corrected chi connectivity index (χ4v) is 2.45. The lowest BCUT2D eigenvalue weighted by Gasteiger charge is -2.14. The van der Waals surface area contributed by atoms with Gasteiger partial charge in [0.15, 0.2) is 12.0 Å². The molecule has 0 spiro atoms. The standard InChI is InChI=1S/C18H27N3O6/c19-7-6-16(25)14(20)2-1-3-17(21)27-18(26)10-13(23)9-11-8-12(22)4-5-15(11)24/h4-5,8,14,17,22,24H,1-3,6-7,9-10,19-21H2. The van der Waals surface area contributed by atoms with Gasteiger partial charge >= 0.3 is 5.97 Å². The smallest absolute Gasteiger partial charge is 0.314 e. The van der Waals surface area contributed by atoms with Crippen LogP contribution in [0.5, 0.6) is 11.5 Å². The Hall–Kier alpha value is -2.49. The molecule has 0 fully saturated rings. The molecule has 1 rings (SSSR count). The Labute approximate surface area is 157 Å². The Morgan fingerprint density at radius 2 is 1.81 bits per heavy atom. The molecule has 0 radical (unpaired) electrons. The molecule has 1 aromatic carbocycles. The summed E-state index contributed by atoms with van der Waals surface area (Å²) in [5, 5.41) is 19.0. The second kappa shape index (κ2) is 11.3. The van der Waals surface area contributed by atoms with E-state index in [1.54, 1.807) is 0 Å². The van der Waals surface area contributed by atoms with Gasteiger partial charge < -0.3 is 26.4 Å². The normalized spacial score (nSPS) is 13.0. The van der Waals surface area contributed by atoms with Gasteiger partial charge in [-0.15, -0.1) is 0 Å². The van der Waals surface area contributed by atoms with Crippen LogP contribution in [0.2, 0.25) is 0 Å². The Bertz CT molecular complexity index is 664. The topological polar surface area (TPSA) is 179 Å². The highest BCUT2D eigenvalue weighted by Crippen LogP contribution is 2.23. The highest BCUT2D eigenvalue weighted by molar-refractivity contribution is 5.96. The lowest BCUT2D eigenvalue weighted by atomic mass is 10.0. The molecule has 0 aliphatic carbocycles. The van der Waals surface area contributed by atoms with Crippen molar-refractivity contribution in [2.45, 2.75) is 50.8 Å². The summed E-state index contributed by atoms with van der Waals surface area (Å²) in [6.45, 7) is 0.248. The molecular formula is C18H27N3O6. The number of aromatic hydroxyl groups is 2. The zero-order valence-corrected chi connectivity index (χ0v) is 15.1. The van der Waals surface area contributed by atoms with Crippen LogP contribution in [0.25, 0.3) is 0 Å². The van der Waals surface area contributed by atoms with Crippen LogP contribution < -0.4 is 17.2 Å². The molecule has 9 heteroatoms. The van der Waals surface area contributed by atoms with E-state index in [2.05, 4.69) is 0 Å². The Morgan fingerprint density at radius 3 is 2.48 bits per heavy atom. The average Bonchev–Trinajstić information content (AvgIpc) is 2.57. The highest BCUT2D eigenvalue weighted by atomic mass is 16.6. The first-order valence-electron chi connectivity index (χ1n) is 8.69. The molecule has 0 saturated heterocycles. The van der Waals surface area contributed by atoms with Gasteiger partial charge in [-0.3, -0.25) is 20.1 Å². The fraction of sp³-hybridized carbons (Fsp3) is 0.500. The Morgan fingerprint density at radius 1 is 1.11 bits per heavy atom. The van der Waals surface area contributed by atoms with Crippen molar-refractivity contribution in [3.05, 3.63) is 23.8 Å². The molecular weight excluding hydrogens is 354 g/mol. The predicted octanol–water partition coefficient (Wildman–Crippen LogP) is -0.157. The first-order valence-corrected chi connectivity index (χ1v) is 8.69. The van der Waals surface area contributed by atoms with E-state index in [1.165, 1.54) is 18.2 Å². The summed E-state index contributed by atoms with van der Waals surface area (Å²) in [6.07, 6.45) is -0.219. The minimum atomic E-state index is -0.906. The molecule has 2 atom stereocenters. The molecule has 0 amide bonds. The number of phenols is 2. The van der Waals surface area contributed by atoms with Gasteiger partial charge in [0, 0.05) is 18.4 Å². The molecule has 9 nitrogen and oxygen atoms in total. The van der Waals surface area contributed by atoms with Gasteiger partial charge in [0.1, 0.15) is 23.7 Å². The molecule has 1 aromatic rings. The molecule has 27 heavy (non-hydrogen) atoms. The van der Waals surface area contributed by atoms with Crippen molar-refractivity contribution in [2.75, 3.05) is 6.54 Å². The van der Waals surface area contributed by atoms with Gasteiger partial charge in [0.25, 0.3) is 0 Å². The van der Waals surface area contributed by atoms with Gasteiger partial charge in [-0.2, -0.15) is 0 Å². The number of rotatable bonds is 12. The van der Waals surface area contributed by atoms with Crippen molar-refractivity contribution in [1.82, 2.24) is 0 Å². The van der Waals surface area contributed by atoms with Crippen LogP contribution in [0.3, 0.4) is 0 Å². The SMILES string of the molecule is NCCC(=O)C(N)CCCC(N)OC(=O)CC(=O)Cc1cc(O)ccc1O. The van der Waals surface area contributed by atoms with E-state index in [-0.39, 0.29) is 42.2 Å². The van der Waals surface area contributed by atoms with E-state index in [9.17, 15) is 24.6 Å². The minimum absolute atomic E-state index is 0.0941. The summed E-state index contributed by atoms with van der Waals surface area (Å²) in [4.78, 5) is 35.2. The minimum Gasteiger partial charge on any atom is -0.508 e. The van der Waals surface area contributed by atoms with E-state index >= 15 is 0 Å². The number of carbonyl (C=O) groups is 3. The summed E-state index contributed by atoms with van der Waals surface area (Å²) in [5.41, 5.74) is 16.9. The number of benzene rings is 1. The Balaban J connectivity index is 2.33. The van der Waals surface area contributed by atoms with Crippen LogP contribution in [0, 0.1) is 0 Å². The number of esters is 1. The molecule has 0 aliphatic rings. The molecule has 0 heterocycles. The summed E-state index contributed by atoms with van der Waals surface area (Å²) in [5.74, 6) is -1.63. The van der Waals surface area contributed by atoms with E-state index in [0.717, 1.165) is 0 Å². The van der Waals surface area contributed by atoms with Crippen molar-refractivity contribution in [3.63, 3.8) is 0 Å². The molecule has 8 N–H and O–H groups in total. The number of nitrogens with two attached hydrogens (primary N) is 3. The number of ether oxygens (including phenoxy) is 1. The number of phenolic OH excluding ortho intramolecular Hbond substituents is 2. The summed E-state index contributed by atoms with van der Waals surface area (Å²) in [7, 11) is 0. The molecule has 2 unspecified atom stereocenters. The second-order valence-electron chi connectivity index (χ2n) is 6.28. The van der Waals surface area contributed by atoms with Gasteiger partial charge in [-0.05, 0) is 44.0 Å². The monoisotopic (exact) mass is 381 g/mol. The molecule has 150 valence electrons. The maximum atomic E-state index is 11.9. The van der Waals surface area contributed by atoms with E-state index in [4.69, 9.17) is 21.9 Å².